The van der Waals surface area contributed by atoms with Crippen LogP contribution in [0.3, 0.4) is 0 Å². The maximum Gasteiger partial charge on any atom is 0.390 e. The minimum Gasteiger partial charge on any atom is -0.496 e. The molecule has 3 N–H and O–H groups in total. The van der Waals surface area contributed by atoms with E-state index in [-0.39, 0.29) is 18.2 Å². The number of piperazine rings is 1. The standard InChI is InChI=1S/C26H31F3N4O3/c1-16-12-23(36-3)20(18-6-8-31-24(16)18)14-33-11-10-32(9-7-26(27,28)29)15-22(33)17-4-5-19(25(34)35)21(13-17)30-2/h4-6,8,12-13,22,30-31H,7,9-11,14-15H2,1-3H3,(H,34,35)/t22-/m1/s1. The van der Waals surface area contributed by atoms with Crippen molar-refractivity contribution in [3.63, 3.8) is 0 Å². The summed E-state index contributed by atoms with van der Waals surface area (Å²) in [6.07, 6.45) is -3.20. The van der Waals surface area contributed by atoms with Gasteiger partial charge in [0.15, 0.2) is 0 Å². The summed E-state index contributed by atoms with van der Waals surface area (Å²) in [6, 6.07) is 8.86. The molecular weight excluding hydrogens is 473 g/mol. The highest BCUT2D eigenvalue weighted by molar-refractivity contribution is 5.94. The molecule has 1 saturated heterocycles. The number of aromatic carboxylic acids is 1. The number of methoxy groups -OCH3 is 1. The van der Waals surface area contributed by atoms with Gasteiger partial charge in [-0.1, -0.05) is 6.07 Å². The first kappa shape index (κ1) is 25.8. The monoisotopic (exact) mass is 504 g/mol. The fraction of sp³-hybridized carbons (Fsp3) is 0.423. The summed E-state index contributed by atoms with van der Waals surface area (Å²) < 4.78 is 44.5. The van der Waals surface area contributed by atoms with Gasteiger partial charge in [-0.05, 0) is 42.3 Å². The van der Waals surface area contributed by atoms with E-state index >= 15 is 0 Å². The molecule has 1 aliphatic rings. The number of carbonyl (C=O) groups is 1. The molecule has 36 heavy (non-hydrogen) atoms. The van der Waals surface area contributed by atoms with Crippen LogP contribution in [-0.4, -0.2) is 72.4 Å². The predicted molar refractivity (Wildman–Crippen MR) is 133 cm³/mol. The number of hydrogen-bond acceptors (Lipinski definition) is 5. The topological polar surface area (TPSA) is 80.8 Å². The van der Waals surface area contributed by atoms with Crippen LogP contribution in [-0.2, 0) is 6.54 Å². The van der Waals surface area contributed by atoms with Gasteiger partial charge in [0.25, 0.3) is 0 Å². The molecule has 194 valence electrons. The molecule has 3 aromatic rings. The first-order valence-corrected chi connectivity index (χ1v) is 11.8. The molecule has 0 amide bonds. The molecule has 1 aliphatic heterocycles. The van der Waals surface area contributed by atoms with Gasteiger partial charge in [-0.2, -0.15) is 13.2 Å². The Balaban J connectivity index is 1.70. The number of carboxylic acids is 1. The number of carboxylic acid groups (broad SMARTS) is 1. The van der Waals surface area contributed by atoms with Crippen LogP contribution in [0.15, 0.2) is 36.5 Å². The van der Waals surface area contributed by atoms with E-state index in [0.717, 1.165) is 33.3 Å². The Kier molecular flexibility index (Phi) is 7.46. The first-order valence-electron chi connectivity index (χ1n) is 11.8. The van der Waals surface area contributed by atoms with Crippen molar-refractivity contribution in [2.75, 3.05) is 45.7 Å². The Morgan fingerprint density at radius 3 is 2.69 bits per heavy atom. The number of rotatable bonds is 8. The lowest BCUT2D eigenvalue weighted by Gasteiger charge is -2.42. The highest BCUT2D eigenvalue weighted by atomic mass is 19.4. The van der Waals surface area contributed by atoms with E-state index in [2.05, 4.69) is 15.2 Å². The summed E-state index contributed by atoms with van der Waals surface area (Å²) in [5.41, 5.74) is 4.54. The van der Waals surface area contributed by atoms with E-state index in [1.807, 2.05) is 30.2 Å². The molecule has 4 rings (SSSR count). The van der Waals surface area contributed by atoms with Gasteiger partial charge in [0.1, 0.15) is 5.75 Å². The maximum absolute atomic E-state index is 12.9. The molecule has 0 unspecified atom stereocenters. The molecule has 7 nitrogen and oxygen atoms in total. The number of alkyl halides is 3. The Labute approximate surface area is 207 Å². The van der Waals surface area contributed by atoms with E-state index in [1.54, 1.807) is 32.4 Å². The molecule has 1 aromatic heterocycles. The summed E-state index contributed by atoms with van der Waals surface area (Å²) in [4.78, 5) is 19.0. The Morgan fingerprint density at radius 2 is 2.03 bits per heavy atom. The third-order valence-corrected chi connectivity index (χ3v) is 6.91. The highest BCUT2D eigenvalue weighted by Crippen LogP contribution is 2.36. The average Bonchev–Trinajstić information content (AvgIpc) is 3.34. The lowest BCUT2D eigenvalue weighted by Crippen LogP contribution is -2.48. The van der Waals surface area contributed by atoms with Crippen LogP contribution in [0.5, 0.6) is 5.75 Å². The number of nitrogens with one attached hydrogen (secondary N) is 2. The normalized spacial score (nSPS) is 17.4. The van der Waals surface area contributed by atoms with E-state index in [4.69, 9.17) is 4.74 Å². The molecule has 0 spiro atoms. The van der Waals surface area contributed by atoms with Gasteiger partial charge >= 0.3 is 12.1 Å². The van der Waals surface area contributed by atoms with Gasteiger partial charge in [-0.15, -0.1) is 0 Å². The van der Waals surface area contributed by atoms with Crippen LogP contribution in [0, 0.1) is 6.92 Å². The molecule has 2 heterocycles. The lowest BCUT2D eigenvalue weighted by molar-refractivity contribution is -0.139. The van der Waals surface area contributed by atoms with Gasteiger partial charge < -0.3 is 20.1 Å². The molecule has 1 fully saturated rings. The largest absolute Gasteiger partial charge is 0.496 e. The summed E-state index contributed by atoms with van der Waals surface area (Å²) in [6.45, 7) is 3.93. The fourth-order valence-electron chi connectivity index (χ4n) is 5.02. The zero-order valence-electron chi connectivity index (χ0n) is 20.6. The Bertz CT molecular complexity index is 1240. The molecule has 1 atom stereocenters. The van der Waals surface area contributed by atoms with Crippen LogP contribution in [0.1, 0.15) is 39.5 Å². The van der Waals surface area contributed by atoms with Crippen molar-refractivity contribution < 1.29 is 27.8 Å². The Morgan fingerprint density at radius 1 is 1.25 bits per heavy atom. The van der Waals surface area contributed by atoms with Crippen LogP contribution in [0.25, 0.3) is 10.9 Å². The second kappa shape index (κ2) is 10.4. The highest BCUT2D eigenvalue weighted by Gasteiger charge is 2.33. The second-order valence-corrected chi connectivity index (χ2v) is 9.15. The third kappa shape index (κ3) is 5.44. The summed E-state index contributed by atoms with van der Waals surface area (Å²) in [7, 11) is 3.28. The number of nitrogens with zero attached hydrogens (tertiary/aromatic N) is 2. The third-order valence-electron chi connectivity index (χ3n) is 6.91. The quantitative estimate of drug-likeness (QED) is 0.399. The Hall–Kier alpha value is -3.24. The van der Waals surface area contributed by atoms with E-state index in [0.29, 0.717) is 31.9 Å². The van der Waals surface area contributed by atoms with Crippen LogP contribution >= 0.6 is 0 Å². The van der Waals surface area contributed by atoms with Crippen molar-refractivity contribution in [1.82, 2.24) is 14.8 Å². The number of benzene rings is 2. The maximum atomic E-state index is 12.9. The number of fused-ring (bicyclic) bond motifs is 1. The number of aromatic nitrogens is 1. The van der Waals surface area contributed by atoms with Crippen molar-refractivity contribution in [2.45, 2.75) is 32.1 Å². The minimum absolute atomic E-state index is 0.0736. The van der Waals surface area contributed by atoms with Gasteiger partial charge in [-0.3, -0.25) is 9.80 Å². The zero-order valence-corrected chi connectivity index (χ0v) is 20.6. The second-order valence-electron chi connectivity index (χ2n) is 9.15. The number of aromatic amines is 1. The van der Waals surface area contributed by atoms with Gasteiger partial charge in [-0.25, -0.2) is 4.79 Å². The summed E-state index contributed by atoms with van der Waals surface area (Å²) in [5.74, 6) is -0.285. The molecule has 0 saturated carbocycles. The average molecular weight is 505 g/mol. The van der Waals surface area contributed by atoms with E-state index in [1.165, 1.54) is 0 Å². The van der Waals surface area contributed by atoms with Crippen LogP contribution in [0.4, 0.5) is 18.9 Å². The number of H-pyrrole nitrogens is 1. The number of ether oxygens (including phenoxy) is 1. The van der Waals surface area contributed by atoms with E-state index in [9.17, 15) is 23.1 Å². The minimum atomic E-state index is -4.22. The number of hydrogen-bond donors (Lipinski definition) is 3. The SMILES string of the molecule is CNc1cc([C@H]2CN(CCC(F)(F)F)CCN2Cc2c(OC)cc(C)c3[nH]ccc23)ccc1C(=O)O. The molecule has 2 aromatic carbocycles. The van der Waals surface area contributed by atoms with Crippen molar-refractivity contribution in [3.8, 4) is 5.75 Å². The van der Waals surface area contributed by atoms with Crippen LogP contribution < -0.4 is 10.1 Å². The summed E-state index contributed by atoms with van der Waals surface area (Å²) in [5, 5.41) is 13.5. The van der Waals surface area contributed by atoms with E-state index < -0.39 is 18.6 Å². The van der Waals surface area contributed by atoms with Crippen molar-refractivity contribution >= 4 is 22.6 Å². The fourth-order valence-corrected chi connectivity index (χ4v) is 5.02. The van der Waals surface area contributed by atoms with Crippen molar-refractivity contribution in [3.05, 3.63) is 58.8 Å². The number of halogens is 3. The molecular formula is C26H31F3N4O3. The van der Waals surface area contributed by atoms with Crippen molar-refractivity contribution in [1.29, 1.82) is 0 Å². The summed E-state index contributed by atoms with van der Waals surface area (Å²) >= 11 is 0. The smallest absolute Gasteiger partial charge is 0.390 e. The van der Waals surface area contributed by atoms with Gasteiger partial charge in [0.05, 0.1) is 19.1 Å². The molecule has 0 bridgehead atoms. The molecule has 0 aliphatic carbocycles. The first-order chi connectivity index (χ1) is 17.1. The van der Waals surface area contributed by atoms with Gasteiger partial charge in [0, 0.05) is 74.2 Å². The number of anilines is 1. The van der Waals surface area contributed by atoms with Crippen LogP contribution in [0.2, 0.25) is 0 Å². The zero-order chi connectivity index (χ0) is 26.0. The number of aryl methyl sites for hydroxylation is 1. The molecule has 0 radical (unpaired) electrons. The lowest BCUT2D eigenvalue weighted by atomic mass is 9.97. The predicted octanol–water partition coefficient (Wildman–Crippen LogP) is 5.04. The van der Waals surface area contributed by atoms with Gasteiger partial charge in [0.2, 0.25) is 0 Å². The van der Waals surface area contributed by atoms with Crippen molar-refractivity contribution in [2.24, 2.45) is 0 Å². The molecule has 10 heteroatoms.